The number of ketones is 1. The van der Waals surface area contributed by atoms with E-state index >= 15 is 0 Å². The molecule has 0 aliphatic heterocycles. The highest BCUT2D eigenvalue weighted by Crippen LogP contribution is 2.25. The fraction of sp³-hybridized carbons (Fsp3) is 0.393. The van der Waals surface area contributed by atoms with Crippen molar-refractivity contribution in [3.63, 3.8) is 0 Å². The Hall–Kier alpha value is -4.21. The molecule has 4 N–H and O–H groups in total. The number of benzene rings is 1. The molecule has 2 amide bonds. The summed E-state index contributed by atoms with van der Waals surface area (Å²) in [5.74, 6) is -0.319. The van der Waals surface area contributed by atoms with Gasteiger partial charge in [-0.15, -0.1) is 0 Å². The summed E-state index contributed by atoms with van der Waals surface area (Å²) in [5, 5.41) is 2.50. The van der Waals surface area contributed by atoms with Crippen molar-refractivity contribution >= 4 is 28.8 Å². The SMILES string of the molecule is COC(=O)N[C@@H](CC/C=C/C(N)=O)C(=O)Cc1cccn(Cc2nc3c(CC(C)(C)C)cccc3[nH]2)c1=O. The van der Waals surface area contributed by atoms with E-state index in [0.29, 0.717) is 17.8 Å². The molecule has 3 rings (SSSR count). The van der Waals surface area contributed by atoms with Gasteiger partial charge in [0, 0.05) is 18.2 Å². The second-order valence-electron chi connectivity index (χ2n) is 10.4. The molecule has 0 bridgehead atoms. The highest BCUT2D eigenvalue weighted by Gasteiger charge is 2.22. The van der Waals surface area contributed by atoms with Gasteiger partial charge in [-0.05, 0) is 48.4 Å². The van der Waals surface area contributed by atoms with Gasteiger partial charge in [-0.1, -0.05) is 45.0 Å². The Kier molecular flexibility index (Phi) is 9.22. The van der Waals surface area contributed by atoms with Gasteiger partial charge in [0.25, 0.3) is 5.56 Å². The number of hydrogen-bond acceptors (Lipinski definition) is 6. The zero-order valence-corrected chi connectivity index (χ0v) is 22.2. The molecule has 0 spiro atoms. The number of pyridine rings is 1. The van der Waals surface area contributed by atoms with E-state index in [0.717, 1.165) is 23.0 Å². The summed E-state index contributed by atoms with van der Waals surface area (Å²) in [5.41, 5.74) is 8.10. The van der Waals surface area contributed by atoms with Crippen molar-refractivity contribution in [3.8, 4) is 0 Å². The molecule has 0 aliphatic rings. The highest BCUT2D eigenvalue weighted by atomic mass is 16.5. The first-order chi connectivity index (χ1) is 18.0. The lowest BCUT2D eigenvalue weighted by molar-refractivity contribution is -0.120. The van der Waals surface area contributed by atoms with E-state index in [-0.39, 0.29) is 36.1 Å². The van der Waals surface area contributed by atoms with Crippen LogP contribution in [0.5, 0.6) is 0 Å². The maximum absolute atomic E-state index is 13.2. The summed E-state index contributed by atoms with van der Waals surface area (Å²) in [6.07, 6.45) is 4.84. The number of fused-ring (bicyclic) bond motifs is 1. The number of nitrogens with one attached hydrogen (secondary N) is 2. The molecule has 2 aromatic heterocycles. The van der Waals surface area contributed by atoms with Crippen molar-refractivity contribution in [3.05, 3.63) is 76.0 Å². The van der Waals surface area contributed by atoms with Gasteiger partial charge in [-0.2, -0.15) is 0 Å². The van der Waals surface area contributed by atoms with Crippen molar-refractivity contribution in [2.45, 2.75) is 59.0 Å². The molecule has 2 heterocycles. The molecular formula is C28H35N5O5. The third-order valence-electron chi connectivity index (χ3n) is 5.92. The number of hydrogen-bond donors (Lipinski definition) is 3. The van der Waals surface area contributed by atoms with Crippen LogP contribution < -0.4 is 16.6 Å². The van der Waals surface area contributed by atoms with Crippen molar-refractivity contribution < 1.29 is 19.1 Å². The van der Waals surface area contributed by atoms with Crippen molar-refractivity contribution in [2.75, 3.05) is 7.11 Å². The lowest BCUT2D eigenvalue weighted by Gasteiger charge is -2.18. The number of methoxy groups -OCH3 is 1. The van der Waals surface area contributed by atoms with Crippen LogP contribution in [0.25, 0.3) is 11.0 Å². The quantitative estimate of drug-likeness (QED) is 0.330. The van der Waals surface area contributed by atoms with E-state index in [4.69, 9.17) is 10.7 Å². The summed E-state index contributed by atoms with van der Waals surface area (Å²) >= 11 is 0. The van der Waals surface area contributed by atoms with Gasteiger partial charge < -0.3 is 25.3 Å². The molecule has 38 heavy (non-hydrogen) atoms. The van der Waals surface area contributed by atoms with Gasteiger partial charge in [0.1, 0.15) is 5.82 Å². The number of para-hydroxylation sites is 1. The zero-order valence-electron chi connectivity index (χ0n) is 22.2. The van der Waals surface area contributed by atoms with Gasteiger partial charge in [0.15, 0.2) is 5.78 Å². The Balaban J connectivity index is 1.79. The highest BCUT2D eigenvalue weighted by molar-refractivity contribution is 5.89. The predicted octanol–water partition coefficient (Wildman–Crippen LogP) is 3.02. The number of nitrogens with zero attached hydrogens (tertiary/aromatic N) is 2. The molecule has 0 saturated carbocycles. The van der Waals surface area contributed by atoms with E-state index in [1.807, 2.05) is 12.1 Å². The molecule has 202 valence electrons. The normalized spacial score (nSPS) is 12.5. The second kappa shape index (κ2) is 12.4. The van der Waals surface area contributed by atoms with E-state index in [1.165, 1.54) is 23.8 Å². The number of alkyl carbamates (subject to hydrolysis) is 1. The number of carbonyl (C=O) groups is 3. The number of primary amides is 1. The number of amides is 2. The van der Waals surface area contributed by atoms with E-state index < -0.39 is 18.0 Å². The molecule has 3 aromatic rings. The molecular weight excluding hydrogens is 486 g/mol. The summed E-state index contributed by atoms with van der Waals surface area (Å²) in [4.78, 5) is 57.0. The molecule has 0 unspecified atom stereocenters. The molecule has 1 aromatic carbocycles. The number of aromatic nitrogens is 3. The van der Waals surface area contributed by atoms with Gasteiger partial charge in [-0.25, -0.2) is 9.78 Å². The van der Waals surface area contributed by atoms with Crippen molar-refractivity contribution in [1.29, 1.82) is 0 Å². The first-order valence-corrected chi connectivity index (χ1v) is 12.4. The van der Waals surface area contributed by atoms with Gasteiger partial charge in [0.2, 0.25) is 5.91 Å². The number of aromatic amines is 1. The van der Waals surface area contributed by atoms with Crippen LogP contribution in [0.2, 0.25) is 0 Å². The van der Waals surface area contributed by atoms with Gasteiger partial charge in [-0.3, -0.25) is 14.4 Å². The van der Waals surface area contributed by atoms with Gasteiger partial charge in [0.05, 0.1) is 30.7 Å². The molecule has 0 fully saturated rings. The topological polar surface area (TPSA) is 149 Å². The average Bonchev–Trinajstić information content (AvgIpc) is 3.26. The maximum atomic E-state index is 13.2. The number of ether oxygens (including phenoxy) is 1. The molecule has 10 nitrogen and oxygen atoms in total. The second-order valence-corrected chi connectivity index (χ2v) is 10.4. The number of nitrogens with two attached hydrogens (primary N) is 1. The zero-order chi connectivity index (χ0) is 27.9. The van der Waals surface area contributed by atoms with E-state index in [9.17, 15) is 19.2 Å². The van der Waals surface area contributed by atoms with Crippen LogP contribution in [0.3, 0.4) is 0 Å². The summed E-state index contributed by atoms with van der Waals surface area (Å²) in [6, 6.07) is 8.42. The molecule has 1 atom stereocenters. The third kappa shape index (κ3) is 7.89. The molecule has 0 radical (unpaired) electrons. The standard InChI is InChI=1S/C28H35N5O5/c1-28(2,3)16-19-9-7-12-21-25(19)32-24(30-21)17-33-14-8-10-18(26(33)36)15-22(34)20(31-27(37)38-4)11-5-6-13-23(29)35/h6-10,12-14,20H,5,11,15-17H2,1-4H3,(H2,29,35)(H,30,32)(H,31,37)/b13-6+/t20-/m0/s1. The summed E-state index contributed by atoms with van der Waals surface area (Å²) in [6.45, 7) is 6.74. The van der Waals surface area contributed by atoms with Gasteiger partial charge >= 0.3 is 6.09 Å². The fourth-order valence-electron chi connectivity index (χ4n) is 4.23. The largest absolute Gasteiger partial charge is 0.453 e. The van der Waals surface area contributed by atoms with E-state index in [1.54, 1.807) is 18.3 Å². The monoisotopic (exact) mass is 521 g/mol. The molecule has 0 aliphatic carbocycles. The van der Waals surface area contributed by atoms with Crippen LogP contribution in [-0.2, 0) is 33.7 Å². The Bertz CT molecular complexity index is 1400. The molecule has 10 heteroatoms. The Labute approximate surface area is 221 Å². The number of carbonyl (C=O) groups excluding carboxylic acids is 3. The number of rotatable bonds is 11. The number of Topliss-reactive ketones (excluding diaryl/α,β-unsaturated/α-hetero) is 1. The lowest BCUT2D eigenvalue weighted by atomic mass is 9.88. The lowest BCUT2D eigenvalue weighted by Crippen LogP contribution is -2.42. The first-order valence-electron chi connectivity index (χ1n) is 12.4. The van der Waals surface area contributed by atoms with Crippen molar-refractivity contribution in [2.24, 2.45) is 11.1 Å². The number of H-pyrrole nitrogens is 1. The smallest absolute Gasteiger partial charge is 0.407 e. The number of allylic oxidation sites excluding steroid dienone is 1. The Morgan fingerprint density at radius 3 is 2.61 bits per heavy atom. The van der Waals surface area contributed by atoms with Crippen LogP contribution in [0.4, 0.5) is 4.79 Å². The molecule has 0 saturated heterocycles. The minimum absolute atomic E-state index is 0.101. The van der Waals surface area contributed by atoms with Crippen LogP contribution in [0, 0.1) is 5.41 Å². The van der Waals surface area contributed by atoms with Crippen molar-refractivity contribution in [1.82, 2.24) is 19.9 Å². The predicted molar refractivity (Wildman–Crippen MR) is 145 cm³/mol. The minimum atomic E-state index is -0.898. The van der Waals surface area contributed by atoms with Crippen LogP contribution >= 0.6 is 0 Å². The number of imidazole rings is 1. The Morgan fingerprint density at radius 1 is 1.18 bits per heavy atom. The van der Waals surface area contributed by atoms with Crippen LogP contribution in [-0.4, -0.2) is 45.5 Å². The maximum Gasteiger partial charge on any atom is 0.407 e. The average molecular weight is 522 g/mol. The minimum Gasteiger partial charge on any atom is -0.453 e. The van der Waals surface area contributed by atoms with Crippen LogP contribution in [0.15, 0.2) is 53.5 Å². The summed E-state index contributed by atoms with van der Waals surface area (Å²) < 4.78 is 6.13. The van der Waals surface area contributed by atoms with Crippen LogP contribution in [0.1, 0.15) is 50.6 Å². The first kappa shape index (κ1) is 28.4. The summed E-state index contributed by atoms with van der Waals surface area (Å²) in [7, 11) is 1.20. The Morgan fingerprint density at radius 2 is 1.92 bits per heavy atom. The third-order valence-corrected chi connectivity index (χ3v) is 5.92. The fourth-order valence-corrected chi connectivity index (χ4v) is 4.23. The van der Waals surface area contributed by atoms with E-state index in [2.05, 4.69) is 41.9 Å².